The van der Waals surface area contributed by atoms with E-state index in [-0.39, 0.29) is 12.2 Å². The smallest absolute Gasteiger partial charge is 0.151 e. The quantitative estimate of drug-likeness (QED) is 0.505. The Morgan fingerprint density at radius 1 is 1.60 bits per heavy atom. The summed E-state index contributed by atoms with van der Waals surface area (Å²) in [6.07, 6.45) is 2.08. The molecular formula is C5H10N4O. The first-order valence-electron chi connectivity index (χ1n) is 3.50. The van der Waals surface area contributed by atoms with Crippen LogP contribution in [0.1, 0.15) is 12.8 Å². The Morgan fingerprint density at radius 3 is 3.30 bits per heavy atom. The third-order valence-electron chi connectivity index (χ3n) is 1.94. The van der Waals surface area contributed by atoms with E-state index in [4.69, 9.17) is 5.21 Å². The summed E-state index contributed by atoms with van der Waals surface area (Å²) in [6.45, 7) is 0.948. The van der Waals surface area contributed by atoms with E-state index in [1.54, 1.807) is 0 Å². The average molecular weight is 142 g/mol. The lowest BCUT2D eigenvalue weighted by atomic mass is 10.1. The van der Waals surface area contributed by atoms with E-state index in [1.807, 2.05) is 0 Å². The minimum Gasteiger partial charge on any atom is -0.292 e. The summed E-state index contributed by atoms with van der Waals surface area (Å²) in [5, 5.41) is 20.5. The van der Waals surface area contributed by atoms with Crippen molar-refractivity contribution in [2.24, 2.45) is 10.3 Å². The minimum absolute atomic E-state index is 0.0613. The highest BCUT2D eigenvalue weighted by atomic mass is 16.5. The predicted molar refractivity (Wildman–Crippen MR) is 33.3 cm³/mol. The van der Waals surface area contributed by atoms with Gasteiger partial charge in [0.2, 0.25) is 0 Å². The fraction of sp³-hybridized carbons (Fsp3) is 1.00. The van der Waals surface area contributed by atoms with E-state index < -0.39 is 0 Å². The molecule has 1 saturated heterocycles. The van der Waals surface area contributed by atoms with Crippen molar-refractivity contribution >= 4 is 0 Å². The van der Waals surface area contributed by atoms with Crippen molar-refractivity contribution in [1.29, 1.82) is 0 Å². The molecular weight excluding hydrogens is 132 g/mol. The second kappa shape index (κ2) is 2.17. The number of fused-ring (bicyclic) bond motifs is 1. The van der Waals surface area contributed by atoms with Gasteiger partial charge in [0.25, 0.3) is 0 Å². The molecule has 1 fully saturated rings. The molecule has 0 spiro atoms. The first-order valence-corrected chi connectivity index (χ1v) is 3.50. The Balaban J connectivity index is 2.07. The molecule has 56 valence electrons. The van der Waals surface area contributed by atoms with Gasteiger partial charge in [0.05, 0.1) is 0 Å². The second-order valence-electron chi connectivity index (χ2n) is 2.63. The molecule has 2 rings (SSSR count). The van der Waals surface area contributed by atoms with Crippen LogP contribution in [0.2, 0.25) is 0 Å². The van der Waals surface area contributed by atoms with Crippen LogP contribution in [0, 0.1) is 0 Å². The lowest BCUT2D eigenvalue weighted by Crippen LogP contribution is -2.48. The highest BCUT2D eigenvalue weighted by Crippen LogP contribution is 2.20. The Kier molecular flexibility index (Phi) is 1.32. The van der Waals surface area contributed by atoms with Crippen LogP contribution in [0.3, 0.4) is 0 Å². The molecule has 5 heteroatoms. The first-order chi connectivity index (χ1) is 4.88. The largest absolute Gasteiger partial charge is 0.292 e. The van der Waals surface area contributed by atoms with Gasteiger partial charge in [-0.3, -0.25) is 10.5 Å². The third-order valence-corrected chi connectivity index (χ3v) is 1.94. The van der Waals surface area contributed by atoms with Crippen LogP contribution in [-0.4, -0.2) is 29.1 Å². The van der Waals surface area contributed by atoms with Gasteiger partial charge in [0.1, 0.15) is 6.04 Å². The Morgan fingerprint density at radius 2 is 2.50 bits per heavy atom. The summed E-state index contributed by atoms with van der Waals surface area (Å²) < 4.78 is 0. The molecule has 0 bridgehead atoms. The molecule has 2 aliphatic heterocycles. The number of nitrogens with one attached hydrogen (secondary N) is 1. The average Bonchev–Trinajstić information content (AvgIpc) is 2.34. The van der Waals surface area contributed by atoms with Gasteiger partial charge in [-0.15, -0.1) is 5.17 Å². The first kappa shape index (κ1) is 6.06. The Hall–Kier alpha value is -0.680. The number of rotatable bonds is 0. The number of hydrogen-bond acceptors (Lipinski definition) is 5. The standard InChI is InChI=1S/C5H10N4O/c10-9-5-4(7-8-9)2-1-3-6-5/h4-6,10H,1-3H2. The van der Waals surface area contributed by atoms with E-state index >= 15 is 0 Å². The van der Waals surface area contributed by atoms with E-state index in [1.165, 1.54) is 0 Å². The molecule has 2 unspecified atom stereocenters. The second-order valence-corrected chi connectivity index (χ2v) is 2.63. The number of hydrogen-bond donors (Lipinski definition) is 2. The molecule has 0 aliphatic carbocycles. The summed E-state index contributed by atoms with van der Waals surface area (Å²) in [4.78, 5) is 0. The lowest BCUT2D eigenvalue weighted by Gasteiger charge is -2.25. The zero-order chi connectivity index (χ0) is 6.97. The van der Waals surface area contributed by atoms with Crippen LogP contribution in [0.5, 0.6) is 0 Å². The zero-order valence-electron chi connectivity index (χ0n) is 5.56. The molecule has 0 saturated carbocycles. The van der Waals surface area contributed by atoms with Crippen molar-refractivity contribution in [1.82, 2.24) is 10.5 Å². The van der Waals surface area contributed by atoms with Crippen molar-refractivity contribution in [2.45, 2.75) is 25.0 Å². The van der Waals surface area contributed by atoms with E-state index in [0.717, 1.165) is 24.6 Å². The molecule has 0 aromatic heterocycles. The van der Waals surface area contributed by atoms with Gasteiger partial charge < -0.3 is 0 Å². The molecule has 0 radical (unpaired) electrons. The zero-order valence-corrected chi connectivity index (χ0v) is 5.56. The van der Waals surface area contributed by atoms with Gasteiger partial charge in [0, 0.05) is 0 Å². The van der Waals surface area contributed by atoms with Crippen LogP contribution < -0.4 is 5.32 Å². The summed E-state index contributed by atoms with van der Waals surface area (Å²) in [5.41, 5.74) is 0. The van der Waals surface area contributed by atoms with Crippen LogP contribution in [0.25, 0.3) is 0 Å². The fourth-order valence-electron chi connectivity index (χ4n) is 1.39. The van der Waals surface area contributed by atoms with Gasteiger partial charge in [-0.25, -0.2) is 0 Å². The maximum absolute atomic E-state index is 9.03. The Labute approximate surface area is 58.7 Å². The maximum atomic E-state index is 9.03. The normalized spacial score (nSPS) is 38.3. The number of nitrogens with zero attached hydrogens (tertiary/aromatic N) is 3. The van der Waals surface area contributed by atoms with E-state index in [9.17, 15) is 0 Å². The van der Waals surface area contributed by atoms with Crippen LogP contribution in [0.4, 0.5) is 0 Å². The van der Waals surface area contributed by atoms with Gasteiger partial charge in [-0.2, -0.15) is 5.11 Å². The van der Waals surface area contributed by atoms with Crippen molar-refractivity contribution in [2.75, 3.05) is 6.54 Å². The van der Waals surface area contributed by atoms with Gasteiger partial charge in [0.15, 0.2) is 6.17 Å². The molecule has 0 aromatic carbocycles. The lowest BCUT2D eigenvalue weighted by molar-refractivity contribution is -0.130. The molecule has 2 heterocycles. The summed E-state index contributed by atoms with van der Waals surface area (Å²) in [6, 6.07) is 0.166. The van der Waals surface area contributed by atoms with Gasteiger partial charge in [-0.1, -0.05) is 0 Å². The number of hydroxylamine groups is 1. The SMILES string of the molecule is ON1N=NC2CCCNC21. The molecule has 2 N–H and O–H groups in total. The summed E-state index contributed by atoms with van der Waals surface area (Å²) >= 11 is 0. The summed E-state index contributed by atoms with van der Waals surface area (Å²) in [7, 11) is 0. The van der Waals surface area contributed by atoms with Crippen molar-refractivity contribution in [3.05, 3.63) is 0 Å². The topological polar surface area (TPSA) is 60.2 Å². The van der Waals surface area contributed by atoms with Gasteiger partial charge in [-0.05, 0) is 24.6 Å². The predicted octanol–water partition coefficient (Wildman–Crippen LogP) is 0.136. The van der Waals surface area contributed by atoms with Crippen LogP contribution in [0.15, 0.2) is 10.3 Å². The van der Waals surface area contributed by atoms with Crippen molar-refractivity contribution in [3.63, 3.8) is 0 Å². The highest BCUT2D eigenvalue weighted by Gasteiger charge is 2.33. The van der Waals surface area contributed by atoms with Gasteiger partial charge >= 0.3 is 0 Å². The Bertz CT molecular complexity index is 160. The monoisotopic (exact) mass is 142 g/mol. The van der Waals surface area contributed by atoms with Crippen molar-refractivity contribution < 1.29 is 5.21 Å². The van der Waals surface area contributed by atoms with E-state index in [0.29, 0.717) is 0 Å². The molecule has 0 aromatic rings. The molecule has 2 atom stereocenters. The maximum Gasteiger partial charge on any atom is 0.151 e. The molecule has 2 aliphatic rings. The van der Waals surface area contributed by atoms with Crippen LogP contribution >= 0.6 is 0 Å². The highest BCUT2D eigenvalue weighted by molar-refractivity contribution is 4.84. The minimum atomic E-state index is -0.0613. The molecule has 0 amide bonds. The summed E-state index contributed by atoms with van der Waals surface area (Å²) in [5.74, 6) is 0. The van der Waals surface area contributed by atoms with E-state index in [2.05, 4.69) is 15.7 Å². The molecule has 10 heavy (non-hydrogen) atoms. The fourth-order valence-corrected chi connectivity index (χ4v) is 1.39. The number of piperidine rings is 1. The van der Waals surface area contributed by atoms with Crippen molar-refractivity contribution in [3.8, 4) is 0 Å². The third kappa shape index (κ3) is 0.783. The van der Waals surface area contributed by atoms with Crippen LogP contribution in [-0.2, 0) is 0 Å². The molecule has 5 nitrogen and oxygen atoms in total.